The minimum absolute atomic E-state index is 0.0151. The van der Waals surface area contributed by atoms with Gasteiger partial charge < -0.3 is 88.7 Å². The molecule has 3 aliphatic rings. The van der Waals surface area contributed by atoms with Crippen molar-refractivity contribution in [2.45, 2.75) is 537 Å². The van der Waals surface area contributed by atoms with Gasteiger partial charge in [-0.15, -0.1) is 0 Å². The lowest BCUT2D eigenvalue weighted by Crippen LogP contribution is -2.70. The summed E-state index contributed by atoms with van der Waals surface area (Å²) in [6.07, 6.45) is 30.4. The molecule has 1 saturated carbocycles. The van der Waals surface area contributed by atoms with E-state index in [4.69, 9.17) is 46.9 Å². The highest BCUT2D eigenvalue weighted by Gasteiger charge is 2.60. The van der Waals surface area contributed by atoms with Crippen LogP contribution in [0, 0.1) is 11.8 Å². The second-order valence-corrected chi connectivity index (χ2v) is 37.6. The first kappa shape index (κ1) is 113. The van der Waals surface area contributed by atoms with E-state index in [1.807, 2.05) is 0 Å². The Hall–Kier alpha value is -2.79. The molecule has 1 aliphatic carbocycles. The number of aliphatic hydroxyl groups is 9. The third kappa shape index (κ3) is 52.8. The zero-order valence-corrected chi connectivity index (χ0v) is 78.0. The molecular weight excluding hydrogens is 1580 g/mol. The molecule has 718 valence electrons. The molecule has 3 rings (SSSR count). The van der Waals surface area contributed by atoms with Crippen molar-refractivity contribution in [1.29, 1.82) is 0 Å². The summed E-state index contributed by atoms with van der Waals surface area (Å²) in [6.45, 7) is 10.3. The predicted molar refractivity (Wildman–Crippen MR) is 476 cm³/mol. The first-order valence-corrected chi connectivity index (χ1v) is 51.2. The highest BCUT2D eigenvalue weighted by Crippen LogP contribution is 2.49. The van der Waals surface area contributed by atoms with Gasteiger partial charge in [0.05, 0.1) is 13.2 Å². The van der Waals surface area contributed by atoms with E-state index in [9.17, 15) is 74.6 Å². The van der Waals surface area contributed by atoms with Crippen LogP contribution in [0.5, 0.6) is 0 Å². The van der Waals surface area contributed by atoms with Gasteiger partial charge in [0.15, 0.2) is 24.8 Å². The van der Waals surface area contributed by atoms with Crippen LogP contribution in [0.2, 0.25) is 0 Å². The number of aliphatic hydroxyl groups excluding tert-OH is 9. The third-order valence-corrected chi connectivity index (χ3v) is 25.8. The lowest BCUT2D eigenvalue weighted by atomic mass is 9.84. The van der Waals surface area contributed by atoms with Gasteiger partial charge in [-0.1, -0.05) is 368 Å². The summed E-state index contributed by atoms with van der Waals surface area (Å²) >= 11 is 0. The molecule has 0 amide bonds. The van der Waals surface area contributed by atoms with E-state index < -0.39 is 162 Å². The molecule has 0 aromatic carbocycles. The largest absolute Gasteiger partial charge is 0.472 e. The number of phosphoric acid groups is 1. The topological polar surface area (TPSA) is 380 Å². The quantitative estimate of drug-likeness (QED) is 0.00889. The molecule has 20 atom stereocenters. The van der Waals surface area contributed by atoms with Crippen molar-refractivity contribution < 1.29 is 122 Å². The highest BCUT2D eigenvalue weighted by molar-refractivity contribution is 7.47. The van der Waals surface area contributed by atoms with E-state index in [0.717, 1.165) is 141 Å². The molecule has 0 spiro atoms. The van der Waals surface area contributed by atoms with Gasteiger partial charge in [0, 0.05) is 25.7 Å². The maximum Gasteiger partial charge on any atom is 0.472 e. The first-order valence-electron chi connectivity index (χ1n) is 49.7. The van der Waals surface area contributed by atoms with Crippen LogP contribution in [0.3, 0.4) is 0 Å². The molecule has 3 fully saturated rings. The highest BCUT2D eigenvalue weighted by atomic mass is 31.2. The van der Waals surface area contributed by atoms with Crippen molar-refractivity contribution >= 4 is 31.7 Å². The van der Waals surface area contributed by atoms with Crippen LogP contribution < -0.4 is 0 Å². The van der Waals surface area contributed by atoms with Gasteiger partial charge in [-0.3, -0.25) is 28.2 Å². The Labute approximate surface area is 737 Å². The van der Waals surface area contributed by atoms with Crippen LogP contribution in [0.4, 0.5) is 0 Å². The number of rotatable bonds is 80. The first-order chi connectivity index (χ1) is 59.0. The van der Waals surface area contributed by atoms with Crippen LogP contribution >= 0.6 is 7.82 Å². The predicted octanol–water partition coefficient (Wildman–Crippen LogP) is 19.2. The Balaban J connectivity index is 1.91. The fourth-order valence-corrected chi connectivity index (χ4v) is 17.7. The Morgan fingerprint density at radius 1 is 0.344 bits per heavy atom. The molecule has 122 heavy (non-hydrogen) atoms. The summed E-state index contributed by atoms with van der Waals surface area (Å²) in [5.41, 5.74) is 0. The van der Waals surface area contributed by atoms with Crippen LogP contribution in [-0.4, -0.2) is 205 Å². The minimum atomic E-state index is -5.81. The van der Waals surface area contributed by atoms with E-state index in [-0.39, 0.29) is 25.7 Å². The van der Waals surface area contributed by atoms with Crippen molar-refractivity contribution in [2.24, 2.45) is 11.8 Å². The van der Waals surface area contributed by atoms with E-state index in [2.05, 4.69) is 53.7 Å². The second-order valence-electron chi connectivity index (χ2n) is 36.2. The summed E-state index contributed by atoms with van der Waals surface area (Å²) in [5.74, 6) is -1.58. The van der Waals surface area contributed by atoms with Gasteiger partial charge in [-0.2, -0.15) is 0 Å². The molecule has 2 aliphatic heterocycles. The standard InChI is InChI=1S/C96H179O25P/c1-7-11-15-19-23-25-27-29-31-33-35-36-38-40-52-60-68-81(100)115-76(71-112-79(98)66-58-50-44-42-48-56-64-74(5)62-54-46-21-17-13-9-3)72-114-122(110,111)121-94-92(119-95-89(108)85(104)83(102)77(70-97)116-95)88(107)87(106)91(118-82(101)69-61-53-41-39-37-34-32-30-28-26-24-20-16-12-8-2)93(94)120-96-90(109)86(105)84(103)78(117-96)73-113-80(99)67-59-51-45-43-49-57-65-75(6)63-55-47-22-18-14-10-4/h26,28,74-78,83-97,102-109H,7-25,27,29-73H2,1-6H3,(H,110,111)/b28-26-. The van der Waals surface area contributed by atoms with Gasteiger partial charge in [0.25, 0.3) is 0 Å². The average Bonchev–Trinajstić information content (AvgIpc) is 0.753. The Bertz CT molecular complexity index is 2610. The van der Waals surface area contributed by atoms with Crippen LogP contribution in [0.25, 0.3) is 0 Å². The third-order valence-electron chi connectivity index (χ3n) is 24.8. The number of allylic oxidation sites excluding steroid dienone is 2. The molecule has 2 saturated heterocycles. The van der Waals surface area contributed by atoms with E-state index in [1.54, 1.807) is 0 Å². The fourth-order valence-electron chi connectivity index (χ4n) is 16.7. The molecule has 26 heteroatoms. The maximum atomic E-state index is 15.0. The SMILES string of the molecule is CCCCCC/C=C\CCCCCCCCCC(=O)OC1C(O)C(O)C(OC2OC(CO)C(O)C(O)C2O)C(OP(=O)(O)OCC(COC(=O)CCCCCCCCC(C)CCCCCCCC)OC(=O)CCCCCCCCCCCCCCCCCC)C1OC1OC(COC(=O)CCCCCCCCC(C)CCCCCCCC)C(O)C(O)C1O. The van der Waals surface area contributed by atoms with Gasteiger partial charge >= 0.3 is 31.7 Å². The number of unbranched alkanes of at least 4 members (excludes halogenated alkanes) is 46. The molecule has 25 nitrogen and oxygen atoms in total. The molecule has 10 N–H and O–H groups in total. The summed E-state index contributed by atoms with van der Waals surface area (Å²) in [7, 11) is -5.81. The minimum Gasteiger partial charge on any atom is -0.463 e. The zero-order valence-electron chi connectivity index (χ0n) is 77.1. The van der Waals surface area contributed by atoms with Crippen molar-refractivity contribution in [2.75, 3.05) is 26.4 Å². The zero-order chi connectivity index (χ0) is 89.2. The summed E-state index contributed by atoms with van der Waals surface area (Å²) < 4.78 is 73.7. The van der Waals surface area contributed by atoms with Crippen LogP contribution in [0.15, 0.2) is 12.2 Å². The van der Waals surface area contributed by atoms with Gasteiger partial charge in [0.1, 0.15) is 92.6 Å². The Morgan fingerprint density at radius 2 is 0.664 bits per heavy atom. The lowest BCUT2D eigenvalue weighted by Gasteiger charge is -2.50. The number of hydrogen-bond acceptors (Lipinski definition) is 24. The molecule has 0 radical (unpaired) electrons. The lowest BCUT2D eigenvalue weighted by molar-refractivity contribution is -0.360. The number of hydrogen-bond donors (Lipinski definition) is 10. The van der Waals surface area contributed by atoms with Crippen molar-refractivity contribution in [3.63, 3.8) is 0 Å². The molecule has 0 bridgehead atoms. The van der Waals surface area contributed by atoms with E-state index in [0.29, 0.717) is 43.9 Å². The van der Waals surface area contributed by atoms with Gasteiger partial charge in [0.2, 0.25) is 0 Å². The van der Waals surface area contributed by atoms with Crippen molar-refractivity contribution in [3.05, 3.63) is 12.2 Å². The summed E-state index contributed by atoms with van der Waals surface area (Å²) in [5, 5.41) is 103. The monoisotopic (exact) mass is 1760 g/mol. The van der Waals surface area contributed by atoms with Crippen molar-refractivity contribution in [1.82, 2.24) is 0 Å². The van der Waals surface area contributed by atoms with E-state index >= 15 is 0 Å². The Morgan fingerprint density at radius 3 is 1.07 bits per heavy atom. The average molecular weight is 1760 g/mol. The van der Waals surface area contributed by atoms with Crippen LogP contribution in [0.1, 0.15) is 433 Å². The number of esters is 4. The summed E-state index contributed by atoms with van der Waals surface area (Å²) in [4.78, 5) is 66.7. The molecule has 2 heterocycles. The van der Waals surface area contributed by atoms with Crippen molar-refractivity contribution in [3.8, 4) is 0 Å². The molecule has 20 unspecified atom stereocenters. The number of ether oxygens (including phenoxy) is 8. The molecular formula is C96H179O25P. The smallest absolute Gasteiger partial charge is 0.463 e. The number of carbonyl (C=O) groups is 4. The number of carbonyl (C=O) groups excluding carboxylic acids is 4. The summed E-state index contributed by atoms with van der Waals surface area (Å²) in [6, 6.07) is 0. The van der Waals surface area contributed by atoms with Gasteiger partial charge in [-0.05, 0) is 63.2 Å². The van der Waals surface area contributed by atoms with E-state index in [1.165, 1.54) is 193 Å². The number of phosphoric ester groups is 1. The second kappa shape index (κ2) is 72.9. The fraction of sp³-hybridized carbons (Fsp3) is 0.938. The van der Waals surface area contributed by atoms with Gasteiger partial charge in [-0.25, -0.2) is 4.57 Å². The maximum absolute atomic E-state index is 15.0. The normalized spacial score (nSPS) is 25.0. The Kier molecular flexibility index (Phi) is 67.8. The molecule has 0 aromatic rings. The van der Waals surface area contributed by atoms with Crippen LogP contribution in [-0.2, 0) is 70.7 Å². The molecule has 0 aromatic heterocycles.